The van der Waals surface area contributed by atoms with E-state index >= 15 is 0 Å². The highest BCUT2D eigenvalue weighted by Crippen LogP contribution is 2.28. The Morgan fingerprint density at radius 2 is 1.32 bits per heavy atom. The molecule has 1 aliphatic heterocycles. The first-order valence-corrected chi connectivity index (χ1v) is 11.5. The van der Waals surface area contributed by atoms with E-state index in [-0.39, 0.29) is 24.8 Å². The molecule has 1 fully saturated rings. The molecule has 0 amide bonds. The summed E-state index contributed by atoms with van der Waals surface area (Å²) in [4.78, 5) is 5.24. The van der Waals surface area contributed by atoms with Crippen molar-refractivity contribution in [2.24, 2.45) is 0 Å². The van der Waals surface area contributed by atoms with Gasteiger partial charge in [-0.25, -0.2) is 0 Å². The van der Waals surface area contributed by atoms with Gasteiger partial charge in [0.05, 0.1) is 14.2 Å². The van der Waals surface area contributed by atoms with Crippen LogP contribution in [0.3, 0.4) is 0 Å². The maximum absolute atomic E-state index is 5.45. The van der Waals surface area contributed by atoms with Crippen molar-refractivity contribution in [1.29, 1.82) is 0 Å². The van der Waals surface area contributed by atoms with Crippen molar-refractivity contribution < 1.29 is 9.47 Å². The van der Waals surface area contributed by atoms with Gasteiger partial charge in [-0.2, -0.15) is 0 Å². The average Bonchev–Trinajstić information content (AvgIpc) is 2.87. The predicted octanol–water partition coefficient (Wildman–Crippen LogP) is 5.69. The predicted molar refractivity (Wildman–Crippen MR) is 145 cm³/mol. The van der Waals surface area contributed by atoms with E-state index in [1.54, 1.807) is 14.2 Å². The molecule has 1 aliphatic rings. The Morgan fingerprint density at radius 1 is 0.706 bits per heavy atom. The van der Waals surface area contributed by atoms with Gasteiger partial charge in [-0.3, -0.25) is 4.90 Å². The van der Waals surface area contributed by atoms with Gasteiger partial charge in [-0.1, -0.05) is 66.7 Å². The zero-order chi connectivity index (χ0) is 22.2. The van der Waals surface area contributed by atoms with Crippen LogP contribution in [0, 0.1) is 0 Å². The van der Waals surface area contributed by atoms with Crippen LogP contribution in [0.4, 0.5) is 0 Å². The molecule has 34 heavy (non-hydrogen) atoms. The van der Waals surface area contributed by atoms with Crippen LogP contribution < -0.4 is 9.47 Å². The Hall–Kier alpha value is -2.24. The number of halogens is 2. The summed E-state index contributed by atoms with van der Waals surface area (Å²) < 4.78 is 10.8. The van der Waals surface area contributed by atoms with Crippen molar-refractivity contribution in [2.75, 3.05) is 46.9 Å². The number of hydrogen-bond acceptors (Lipinski definition) is 4. The lowest BCUT2D eigenvalue weighted by Crippen LogP contribution is -2.48. The Balaban J connectivity index is 0.00000204. The van der Waals surface area contributed by atoms with Gasteiger partial charge < -0.3 is 14.4 Å². The summed E-state index contributed by atoms with van der Waals surface area (Å²) in [6.07, 6.45) is 2.07. The van der Waals surface area contributed by atoms with E-state index in [0.717, 1.165) is 57.1 Å². The fourth-order valence-corrected chi connectivity index (χ4v) is 4.59. The quantitative estimate of drug-likeness (QED) is 0.375. The van der Waals surface area contributed by atoms with Crippen molar-refractivity contribution in [3.05, 3.63) is 95.6 Å². The molecule has 1 heterocycles. The second-order valence-corrected chi connectivity index (χ2v) is 8.43. The Labute approximate surface area is 216 Å². The molecule has 3 aromatic carbocycles. The lowest BCUT2D eigenvalue weighted by Gasteiger charge is -2.39. The molecule has 184 valence electrons. The second kappa shape index (κ2) is 14.2. The molecule has 0 aromatic heterocycles. The first-order chi connectivity index (χ1) is 15.8. The summed E-state index contributed by atoms with van der Waals surface area (Å²) >= 11 is 0. The molecule has 0 radical (unpaired) electrons. The molecule has 4 nitrogen and oxygen atoms in total. The fourth-order valence-electron chi connectivity index (χ4n) is 4.59. The third-order valence-electron chi connectivity index (χ3n) is 6.47. The largest absolute Gasteiger partial charge is 0.493 e. The second-order valence-electron chi connectivity index (χ2n) is 8.43. The van der Waals surface area contributed by atoms with Gasteiger partial charge in [-0.05, 0) is 41.7 Å². The average molecular weight is 504 g/mol. The minimum absolute atomic E-state index is 0. The minimum atomic E-state index is 0. The first kappa shape index (κ1) is 28.0. The van der Waals surface area contributed by atoms with E-state index < -0.39 is 0 Å². The Bertz CT molecular complexity index is 965. The molecule has 0 bridgehead atoms. The van der Waals surface area contributed by atoms with Gasteiger partial charge in [0.2, 0.25) is 0 Å². The highest BCUT2D eigenvalue weighted by atomic mass is 35.5. The lowest BCUT2D eigenvalue weighted by atomic mass is 9.96. The summed E-state index contributed by atoms with van der Waals surface area (Å²) in [7, 11) is 3.37. The zero-order valence-electron chi connectivity index (χ0n) is 20.1. The molecule has 1 atom stereocenters. The zero-order valence-corrected chi connectivity index (χ0v) is 21.7. The monoisotopic (exact) mass is 502 g/mol. The van der Waals surface area contributed by atoms with Gasteiger partial charge in [0.1, 0.15) is 0 Å². The van der Waals surface area contributed by atoms with E-state index in [1.807, 2.05) is 6.07 Å². The number of ether oxygens (including phenoxy) is 2. The van der Waals surface area contributed by atoms with Gasteiger partial charge in [0.15, 0.2) is 11.5 Å². The van der Waals surface area contributed by atoms with E-state index in [4.69, 9.17) is 9.47 Å². The smallest absolute Gasteiger partial charge is 0.160 e. The van der Waals surface area contributed by atoms with Crippen LogP contribution in [-0.2, 0) is 12.8 Å². The van der Waals surface area contributed by atoms with Crippen LogP contribution in [0.15, 0.2) is 78.9 Å². The SMILES string of the molecule is COc1ccc(CCN2CCN(C(Cc3ccccc3)c3ccccc3)CC2)cc1OC.Cl.Cl. The van der Waals surface area contributed by atoms with E-state index in [2.05, 4.69) is 82.6 Å². The van der Waals surface area contributed by atoms with E-state index in [0.29, 0.717) is 6.04 Å². The molecule has 0 spiro atoms. The van der Waals surface area contributed by atoms with Crippen LogP contribution in [0.1, 0.15) is 22.7 Å². The third kappa shape index (κ3) is 7.38. The molecule has 0 N–H and O–H groups in total. The molecule has 6 heteroatoms. The van der Waals surface area contributed by atoms with Crippen LogP contribution in [0.25, 0.3) is 0 Å². The minimum Gasteiger partial charge on any atom is -0.493 e. The highest BCUT2D eigenvalue weighted by molar-refractivity contribution is 5.85. The van der Waals surface area contributed by atoms with Crippen molar-refractivity contribution in [3.8, 4) is 11.5 Å². The molecular formula is C28H36Cl2N2O2. The van der Waals surface area contributed by atoms with Gasteiger partial charge in [0.25, 0.3) is 0 Å². The standard InChI is InChI=1S/C28H34N2O2.2ClH/c1-31-27-14-13-24(22-28(27)32-2)15-16-29-17-19-30(20-18-29)26(25-11-7-4-8-12-25)21-23-9-5-3-6-10-23;;/h3-14,22,26H,15-21H2,1-2H3;2*1H. The van der Waals surface area contributed by atoms with Gasteiger partial charge >= 0.3 is 0 Å². The van der Waals surface area contributed by atoms with Crippen LogP contribution in [-0.4, -0.2) is 56.7 Å². The number of benzene rings is 3. The number of piperazine rings is 1. The molecule has 3 aromatic rings. The third-order valence-corrected chi connectivity index (χ3v) is 6.47. The first-order valence-electron chi connectivity index (χ1n) is 11.5. The molecule has 1 unspecified atom stereocenters. The van der Waals surface area contributed by atoms with Crippen molar-refractivity contribution in [3.63, 3.8) is 0 Å². The molecule has 0 aliphatic carbocycles. The van der Waals surface area contributed by atoms with Crippen LogP contribution in [0.5, 0.6) is 11.5 Å². The fraction of sp³-hybridized carbons (Fsp3) is 0.357. The van der Waals surface area contributed by atoms with Crippen molar-refractivity contribution in [2.45, 2.75) is 18.9 Å². The number of hydrogen-bond donors (Lipinski definition) is 0. The summed E-state index contributed by atoms with van der Waals surface area (Å²) in [5.74, 6) is 1.59. The summed E-state index contributed by atoms with van der Waals surface area (Å²) in [5, 5.41) is 0. The Morgan fingerprint density at radius 3 is 1.94 bits per heavy atom. The van der Waals surface area contributed by atoms with Crippen molar-refractivity contribution in [1.82, 2.24) is 9.80 Å². The Kier molecular flexibility index (Phi) is 11.7. The number of methoxy groups -OCH3 is 2. The summed E-state index contributed by atoms with van der Waals surface area (Å²) in [6.45, 7) is 5.46. The number of nitrogens with zero attached hydrogens (tertiary/aromatic N) is 2. The van der Waals surface area contributed by atoms with Crippen molar-refractivity contribution >= 4 is 24.8 Å². The summed E-state index contributed by atoms with van der Waals surface area (Å²) in [5.41, 5.74) is 4.10. The van der Waals surface area contributed by atoms with Gasteiger partial charge in [0, 0.05) is 38.8 Å². The molecular weight excluding hydrogens is 467 g/mol. The normalized spacial score (nSPS) is 15.0. The number of rotatable bonds is 9. The van der Waals surface area contributed by atoms with Gasteiger partial charge in [-0.15, -0.1) is 24.8 Å². The maximum atomic E-state index is 5.45. The van der Waals surface area contributed by atoms with E-state index in [9.17, 15) is 0 Å². The van der Waals surface area contributed by atoms with E-state index in [1.165, 1.54) is 16.7 Å². The molecule has 4 rings (SSSR count). The molecule has 1 saturated heterocycles. The van der Waals surface area contributed by atoms with Crippen LogP contribution >= 0.6 is 24.8 Å². The lowest BCUT2D eigenvalue weighted by molar-refractivity contribution is 0.0961. The maximum Gasteiger partial charge on any atom is 0.160 e. The topological polar surface area (TPSA) is 24.9 Å². The molecule has 0 saturated carbocycles. The highest BCUT2D eigenvalue weighted by Gasteiger charge is 2.25. The summed E-state index contributed by atoms with van der Waals surface area (Å²) in [6, 6.07) is 28.5. The van der Waals surface area contributed by atoms with Crippen LogP contribution in [0.2, 0.25) is 0 Å².